The van der Waals surface area contributed by atoms with E-state index in [-0.39, 0.29) is 32.3 Å². The molecule has 0 bridgehead atoms. The number of hydrogen-bond acceptors (Lipinski definition) is 7. The normalized spacial score (nSPS) is 14.0. The Morgan fingerprint density at radius 1 is 0.625 bits per heavy atom. The highest BCUT2D eigenvalue weighted by atomic mass is 31.2. The molecule has 0 amide bonds. The molecule has 0 fully saturated rings. The first-order chi connectivity index (χ1) is 23.4. The molecular formula is C39H74NO7P. The molecule has 0 aromatic heterocycles. The number of ether oxygens (including phenoxy) is 2. The van der Waals surface area contributed by atoms with Gasteiger partial charge < -0.3 is 20.1 Å². The van der Waals surface area contributed by atoms with Crippen LogP contribution in [0.4, 0.5) is 0 Å². The largest absolute Gasteiger partial charge is 0.472 e. The van der Waals surface area contributed by atoms with Gasteiger partial charge in [0.05, 0.1) is 19.8 Å². The van der Waals surface area contributed by atoms with Crippen molar-refractivity contribution in [3.05, 3.63) is 36.5 Å². The van der Waals surface area contributed by atoms with Crippen molar-refractivity contribution in [2.24, 2.45) is 5.73 Å². The van der Waals surface area contributed by atoms with Crippen molar-refractivity contribution >= 4 is 13.8 Å². The molecule has 8 nitrogen and oxygen atoms in total. The predicted octanol–water partition coefficient (Wildman–Crippen LogP) is 11.1. The minimum absolute atomic E-state index is 0.0971. The van der Waals surface area contributed by atoms with Crippen LogP contribution in [0.15, 0.2) is 36.5 Å². The lowest BCUT2D eigenvalue weighted by Crippen LogP contribution is -2.28. The van der Waals surface area contributed by atoms with E-state index in [0.717, 1.165) is 51.4 Å². The fraction of sp³-hybridized carbons (Fsp3) is 0.821. The molecule has 2 atom stereocenters. The summed E-state index contributed by atoms with van der Waals surface area (Å²) < 4.78 is 33.1. The zero-order valence-electron chi connectivity index (χ0n) is 31.0. The second-order valence-electron chi connectivity index (χ2n) is 12.8. The molecular weight excluding hydrogens is 625 g/mol. The van der Waals surface area contributed by atoms with Crippen molar-refractivity contribution in [3.63, 3.8) is 0 Å². The van der Waals surface area contributed by atoms with Gasteiger partial charge in [-0.25, -0.2) is 4.57 Å². The monoisotopic (exact) mass is 700 g/mol. The summed E-state index contributed by atoms with van der Waals surface area (Å²) in [6.07, 6.45) is 40.4. The lowest BCUT2D eigenvalue weighted by Gasteiger charge is -2.20. The summed E-state index contributed by atoms with van der Waals surface area (Å²) in [6, 6.07) is 0. The number of nitrogens with two attached hydrogens (primary N) is 1. The summed E-state index contributed by atoms with van der Waals surface area (Å²) in [5.41, 5.74) is 5.33. The van der Waals surface area contributed by atoms with Gasteiger partial charge >= 0.3 is 13.8 Å². The number of allylic oxidation sites excluding steroid dienone is 6. The van der Waals surface area contributed by atoms with Crippen LogP contribution in [0.25, 0.3) is 0 Å². The van der Waals surface area contributed by atoms with Crippen molar-refractivity contribution < 1.29 is 32.8 Å². The molecule has 0 aliphatic heterocycles. The second kappa shape index (κ2) is 37.0. The molecule has 2 unspecified atom stereocenters. The molecule has 48 heavy (non-hydrogen) atoms. The summed E-state index contributed by atoms with van der Waals surface area (Å²) in [6.45, 7) is 4.84. The van der Waals surface area contributed by atoms with Gasteiger partial charge in [0, 0.05) is 19.6 Å². The third-order valence-corrected chi connectivity index (χ3v) is 9.04. The quantitative estimate of drug-likeness (QED) is 0.0285. The number of unbranched alkanes of at least 4 members (excludes halogenated alkanes) is 18. The molecule has 0 aromatic rings. The van der Waals surface area contributed by atoms with E-state index in [1.54, 1.807) is 0 Å². The number of carbonyl (C=O) groups excluding carboxylic acids is 1. The van der Waals surface area contributed by atoms with Crippen LogP contribution in [0.3, 0.4) is 0 Å². The van der Waals surface area contributed by atoms with Gasteiger partial charge in [-0.3, -0.25) is 13.8 Å². The van der Waals surface area contributed by atoms with Crippen molar-refractivity contribution in [1.29, 1.82) is 0 Å². The Balaban J connectivity index is 3.92. The average molecular weight is 700 g/mol. The van der Waals surface area contributed by atoms with Gasteiger partial charge in [-0.15, -0.1) is 0 Å². The molecule has 0 rings (SSSR count). The Hall–Kier alpha value is -1.28. The first kappa shape index (κ1) is 46.7. The zero-order chi connectivity index (χ0) is 35.2. The Bertz CT molecular complexity index is 833. The summed E-state index contributed by atoms with van der Waals surface area (Å²) in [5, 5.41) is 0. The van der Waals surface area contributed by atoms with Gasteiger partial charge in [0.15, 0.2) is 0 Å². The Morgan fingerprint density at radius 3 is 1.65 bits per heavy atom. The van der Waals surface area contributed by atoms with Gasteiger partial charge in [0.25, 0.3) is 0 Å². The number of phosphoric ester groups is 1. The average Bonchev–Trinajstić information content (AvgIpc) is 3.07. The fourth-order valence-electron chi connectivity index (χ4n) is 5.18. The zero-order valence-corrected chi connectivity index (χ0v) is 31.9. The maximum atomic E-state index is 12.5. The Kier molecular flexibility index (Phi) is 36.0. The van der Waals surface area contributed by atoms with Gasteiger partial charge in [0.2, 0.25) is 0 Å². The molecule has 282 valence electrons. The summed E-state index contributed by atoms with van der Waals surface area (Å²) in [5.74, 6) is -0.341. The standard InChI is InChI=1S/C39H74NO7P/c1-3-5-7-9-11-12-13-14-15-16-17-18-19-20-21-22-23-24-25-26-27-28-30-32-39(41)47-38(37-46-48(42,43)45-35-33-40)36-44-34-31-29-10-8-6-4-2/h13-14,16-17,19-20,38H,3-12,15,18,21-37,40H2,1-2H3,(H,42,43)/b14-13-,17-16-,20-19-. The molecule has 0 aromatic carbocycles. The minimum Gasteiger partial charge on any atom is -0.457 e. The number of carbonyl (C=O) groups is 1. The smallest absolute Gasteiger partial charge is 0.457 e. The van der Waals surface area contributed by atoms with E-state index >= 15 is 0 Å². The third-order valence-electron chi connectivity index (χ3n) is 8.06. The maximum absolute atomic E-state index is 12.5. The fourth-order valence-corrected chi connectivity index (χ4v) is 5.94. The van der Waals surface area contributed by atoms with Gasteiger partial charge in [-0.05, 0) is 51.4 Å². The van der Waals surface area contributed by atoms with Crippen LogP contribution < -0.4 is 5.73 Å². The van der Waals surface area contributed by atoms with E-state index < -0.39 is 13.9 Å². The van der Waals surface area contributed by atoms with E-state index in [1.165, 1.54) is 96.3 Å². The Morgan fingerprint density at radius 2 is 1.10 bits per heavy atom. The lowest BCUT2D eigenvalue weighted by atomic mass is 10.1. The molecule has 0 heterocycles. The first-order valence-electron chi connectivity index (χ1n) is 19.5. The second-order valence-corrected chi connectivity index (χ2v) is 14.2. The number of esters is 1. The van der Waals surface area contributed by atoms with Gasteiger partial charge in [0.1, 0.15) is 6.10 Å². The number of hydrogen-bond donors (Lipinski definition) is 2. The van der Waals surface area contributed by atoms with Crippen LogP contribution in [0.2, 0.25) is 0 Å². The third kappa shape index (κ3) is 36.0. The van der Waals surface area contributed by atoms with E-state index in [2.05, 4.69) is 50.3 Å². The molecule has 9 heteroatoms. The Labute approximate surface area is 295 Å². The summed E-state index contributed by atoms with van der Waals surface area (Å²) >= 11 is 0. The molecule has 3 N–H and O–H groups in total. The highest BCUT2D eigenvalue weighted by Crippen LogP contribution is 2.43. The first-order valence-corrected chi connectivity index (χ1v) is 21.0. The van der Waals surface area contributed by atoms with Crippen LogP contribution in [-0.4, -0.2) is 49.9 Å². The van der Waals surface area contributed by atoms with Gasteiger partial charge in [-0.2, -0.15) is 0 Å². The highest BCUT2D eigenvalue weighted by molar-refractivity contribution is 7.47. The van der Waals surface area contributed by atoms with Crippen LogP contribution in [0, 0.1) is 0 Å². The number of phosphoric acid groups is 1. The SMILES string of the molecule is CCCCCCC/C=C\C/C=C\C/C=C\CCCCCCCCCCC(=O)OC(COCCCCCCCC)COP(=O)(O)OCCN. The molecule has 0 aliphatic rings. The van der Waals surface area contributed by atoms with Crippen molar-refractivity contribution in [1.82, 2.24) is 0 Å². The van der Waals surface area contributed by atoms with E-state index in [9.17, 15) is 14.3 Å². The molecule has 0 saturated carbocycles. The van der Waals surface area contributed by atoms with Crippen LogP contribution >= 0.6 is 7.82 Å². The minimum atomic E-state index is -4.26. The topological polar surface area (TPSA) is 117 Å². The molecule has 0 saturated heterocycles. The highest BCUT2D eigenvalue weighted by Gasteiger charge is 2.25. The summed E-state index contributed by atoms with van der Waals surface area (Å²) in [4.78, 5) is 22.3. The van der Waals surface area contributed by atoms with Gasteiger partial charge in [-0.1, -0.05) is 147 Å². The molecule has 0 aliphatic carbocycles. The van der Waals surface area contributed by atoms with Crippen molar-refractivity contribution in [2.45, 2.75) is 174 Å². The van der Waals surface area contributed by atoms with Crippen molar-refractivity contribution in [2.75, 3.05) is 33.0 Å². The van der Waals surface area contributed by atoms with E-state index in [4.69, 9.17) is 24.3 Å². The van der Waals surface area contributed by atoms with E-state index in [0.29, 0.717) is 13.0 Å². The number of rotatable bonds is 37. The van der Waals surface area contributed by atoms with Crippen LogP contribution in [0.5, 0.6) is 0 Å². The lowest BCUT2D eigenvalue weighted by molar-refractivity contribution is -0.154. The summed E-state index contributed by atoms with van der Waals surface area (Å²) in [7, 11) is -4.26. The van der Waals surface area contributed by atoms with Crippen LogP contribution in [-0.2, 0) is 27.9 Å². The maximum Gasteiger partial charge on any atom is 0.472 e. The van der Waals surface area contributed by atoms with E-state index in [1.807, 2.05) is 0 Å². The molecule has 0 spiro atoms. The predicted molar refractivity (Wildman–Crippen MR) is 201 cm³/mol. The molecule has 0 radical (unpaired) electrons. The van der Waals surface area contributed by atoms with Crippen molar-refractivity contribution in [3.8, 4) is 0 Å². The van der Waals surface area contributed by atoms with Crippen LogP contribution in [0.1, 0.15) is 168 Å².